The molecule has 0 heterocycles. The van der Waals surface area contributed by atoms with Gasteiger partial charge in [0.05, 0.1) is 0 Å². The summed E-state index contributed by atoms with van der Waals surface area (Å²) < 4.78 is 5.40. The zero-order valence-electron chi connectivity index (χ0n) is 13.7. The van der Waals surface area contributed by atoms with Gasteiger partial charge in [0.2, 0.25) is 0 Å². The topological polar surface area (TPSA) is 76.7 Å². The minimum absolute atomic E-state index is 0.109. The lowest BCUT2D eigenvalue weighted by molar-refractivity contribution is -0.148. The molecule has 0 amide bonds. The number of guanidine groups is 1. The minimum Gasteiger partial charge on any atom is -0.462 e. The van der Waals surface area contributed by atoms with Crippen LogP contribution in [0.25, 0.3) is 0 Å². The van der Waals surface area contributed by atoms with Gasteiger partial charge in [0.25, 0.3) is 0 Å². The molecule has 126 valence electrons. The summed E-state index contributed by atoms with van der Waals surface area (Å²) in [4.78, 5) is 15.9. The van der Waals surface area contributed by atoms with Gasteiger partial charge < -0.3 is 15.8 Å². The highest BCUT2D eigenvalue weighted by molar-refractivity contribution is 5.77. The molecule has 5 heteroatoms. The van der Waals surface area contributed by atoms with Crippen molar-refractivity contribution in [2.24, 2.45) is 10.7 Å². The first kappa shape index (κ1) is 17.3. The van der Waals surface area contributed by atoms with Crippen molar-refractivity contribution in [2.45, 2.75) is 51.0 Å². The van der Waals surface area contributed by atoms with E-state index in [9.17, 15) is 4.79 Å². The molecule has 1 aromatic rings. The normalized spacial score (nSPS) is 15.6. The molecule has 0 aromatic heterocycles. The summed E-state index contributed by atoms with van der Waals surface area (Å²) >= 11 is 0. The van der Waals surface area contributed by atoms with Crippen LogP contribution < -0.4 is 11.1 Å². The number of esters is 1. The summed E-state index contributed by atoms with van der Waals surface area (Å²) in [6.45, 7) is 1.30. The Balaban J connectivity index is 1.53. The summed E-state index contributed by atoms with van der Waals surface area (Å²) in [5.41, 5.74) is 7.08. The molecule has 23 heavy (non-hydrogen) atoms. The third-order valence-electron chi connectivity index (χ3n) is 3.98. The van der Waals surface area contributed by atoms with E-state index in [1.165, 1.54) is 18.4 Å². The second-order valence-corrected chi connectivity index (χ2v) is 5.93. The Labute approximate surface area is 138 Å². The van der Waals surface area contributed by atoms with E-state index in [1.54, 1.807) is 0 Å². The molecule has 5 nitrogen and oxygen atoms in total. The molecule has 0 unspecified atom stereocenters. The Bertz CT molecular complexity index is 496. The van der Waals surface area contributed by atoms with Gasteiger partial charge in [0, 0.05) is 19.5 Å². The van der Waals surface area contributed by atoms with Crippen LogP contribution in [-0.4, -0.2) is 31.1 Å². The fourth-order valence-electron chi connectivity index (χ4n) is 2.71. The van der Waals surface area contributed by atoms with E-state index in [-0.39, 0.29) is 12.1 Å². The van der Waals surface area contributed by atoms with Crippen molar-refractivity contribution >= 4 is 11.9 Å². The summed E-state index contributed by atoms with van der Waals surface area (Å²) in [5, 5.41) is 3.09. The average Bonchev–Trinajstić information content (AvgIpc) is 3.05. The number of hydrogen-bond donors (Lipinski definition) is 2. The summed E-state index contributed by atoms with van der Waals surface area (Å²) in [6, 6.07) is 10.2. The Morgan fingerprint density at radius 3 is 2.74 bits per heavy atom. The third-order valence-corrected chi connectivity index (χ3v) is 3.98. The summed E-state index contributed by atoms with van der Waals surface area (Å²) in [7, 11) is 0. The molecule has 0 saturated heterocycles. The third kappa shape index (κ3) is 7.17. The van der Waals surface area contributed by atoms with Crippen LogP contribution >= 0.6 is 0 Å². The van der Waals surface area contributed by atoms with Crippen LogP contribution in [-0.2, 0) is 16.0 Å². The molecule has 1 aromatic carbocycles. The van der Waals surface area contributed by atoms with Crippen LogP contribution in [0.1, 0.15) is 44.1 Å². The van der Waals surface area contributed by atoms with Crippen LogP contribution in [0.5, 0.6) is 0 Å². The number of carbonyl (C=O) groups is 1. The second kappa shape index (κ2) is 9.87. The highest BCUT2D eigenvalue weighted by Gasteiger charge is 2.18. The van der Waals surface area contributed by atoms with Crippen LogP contribution in [0.3, 0.4) is 0 Å². The van der Waals surface area contributed by atoms with Crippen molar-refractivity contribution in [3.05, 3.63) is 35.9 Å². The van der Waals surface area contributed by atoms with Gasteiger partial charge in [-0.3, -0.25) is 9.79 Å². The maximum absolute atomic E-state index is 11.7. The number of ether oxygens (including phenoxy) is 1. The summed E-state index contributed by atoms with van der Waals surface area (Å²) in [5.74, 6) is 0.327. The fraction of sp³-hybridized carbons (Fsp3) is 0.556. The fourth-order valence-corrected chi connectivity index (χ4v) is 2.71. The van der Waals surface area contributed by atoms with Gasteiger partial charge in [0.1, 0.15) is 6.10 Å². The predicted molar refractivity (Wildman–Crippen MR) is 92.2 cm³/mol. The van der Waals surface area contributed by atoms with Crippen molar-refractivity contribution < 1.29 is 9.53 Å². The predicted octanol–water partition coefficient (Wildman–Crippen LogP) is 2.40. The van der Waals surface area contributed by atoms with E-state index in [1.807, 2.05) is 18.2 Å². The lowest BCUT2D eigenvalue weighted by Crippen LogP contribution is -2.33. The number of nitrogens with one attached hydrogen (secondary N) is 1. The molecule has 1 fully saturated rings. The molecule has 1 aliphatic rings. The van der Waals surface area contributed by atoms with Gasteiger partial charge in [-0.15, -0.1) is 0 Å². The molecule has 0 bridgehead atoms. The second-order valence-electron chi connectivity index (χ2n) is 5.93. The van der Waals surface area contributed by atoms with Crippen molar-refractivity contribution in [2.75, 3.05) is 13.1 Å². The Hall–Kier alpha value is -2.04. The molecule has 0 atom stereocenters. The Morgan fingerprint density at radius 2 is 2.00 bits per heavy atom. The van der Waals surface area contributed by atoms with Crippen LogP contribution in [0.4, 0.5) is 0 Å². The first-order chi connectivity index (χ1) is 11.2. The number of aliphatic imine (C=N–C) groups is 1. The van der Waals surface area contributed by atoms with Gasteiger partial charge >= 0.3 is 5.97 Å². The molecule has 1 aliphatic carbocycles. The lowest BCUT2D eigenvalue weighted by atomic mass is 10.1. The highest BCUT2D eigenvalue weighted by atomic mass is 16.5. The van der Waals surface area contributed by atoms with Gasteiger partial charge in [-0.05, 0) is 44.1 Å². The zero-order chi connectivity index (χ0) is 16.3. The maximum atomic E-state index is 11.7. The number of benzene rings is 1. The molecule has 0 aliphatic heterocycles. The molecule has 3 N–H and O–H groups in total. The molecule has 0 spiro atoms. The summed E-state index contributed by atoms with van der Waals surface area (Å²) in [6.07, 6.45) is 6.52. The Kier molecular flexibility index (Phi) is 7.43. The van der Waals surface area contributed by atoms with Crippen molar-refractivity contribution in [1.82, 2.24) is 5.32 Å². The van der Waals surface area contributed by atoms with Crippen LogP contribution in [0.2, 0.25) is 0 Å². The number of nitrogens with two attached hydrogens (primary N) is 1. The van der Waals surface area contributed by atoms with E-state index in [4.69, 9.17) is 10.5 Å². The van der Waals surface area contributed by atoms with E-state index >= 15 is 0 Å². The van der Waals surface area contributed by atoms with E-state index < -0.39 is 0 Å². The van der Waals surface area contributed by atoms with Crippen LogP contribution in [0.15, 0.2) is 35.3 Å². The van der Waals surface area contributed by atoms with E-state index in [2.05, 4.69) is 22.4 Å². The number of rotatable bonds is 8. The maximum Gasteiger partial charge on any atom is 0.306 e. The first-order valence-corrected chi connectivity index (χ1v) is 8.51. The molecule has 2 rings (SSSR count). The van der Waals surface area contributed by atoms with E-state index in [0.29, 0.717) is 25.3 Å². The quantitative estimate of drug-likeness (QED) is 0.334. The minimum atomic E-state index is -0.109. The van der Waals surface area contributed by atoms with Gasteiger partial charge in [-0.1, -0.05) is 30.3 Å². The zero-order valence-corrected chi connectivity index (χ0v) is 13.7. The molecule has 0 radical (unpaired) electrons. The smallest absolute Gasteiger partial charge is 0.306 e. The largest absolute Gasteiger partial charge is 0.462 e. The lowest BCUT2D eigenvalue weighted by Gasteiger charge is -2.10. The molecular formula is C18H27N3O2. The first-order valence-electron chi connectivity index (χ1n) is 8.51. The van der Waals surface area contributed by atoms with Crippen LogP contribution in [0, 0.1) is 0 Å². The van der Waals surface area contributed by atoms with Gasteiger partial charge in [0.15, 0.2) is 5.96 Å². The van der Waals surface area contributed by atoms with Crippen molar-refractivity contribution in [1.29, 1.82) is 0 Å². The van der Waals surface area contributed by atoms with E-state index in [0.717, 1.165) is 25.8 Å². The van der Waals surface area contributed by atoms with Gasteiger partial charge in [-0.2, -0.15) is 0 Å². The number of nitrogens with zero attached hydrogens (tertiary/aromatic N) is 1. The molecular weight excluding hydrogens is 290 g/mol. The SMILES string of the molecule is NC(=NCCCC(=O)OC1CCCC1)NCCc1ccccc1. The average molecular weight is 317 g/mol. The number of hydrogen-bond acceptors (Lipinski definition) is 3. The Morgan fingerprint density at radius 1 is 1.26 bits per heavy atom. The van der Waals surface area contributed by atoms with Gasteiger partial charge in [-0.25, -0.2) is 0 Å². The molecule has 1 saturated carbocycles. The standard InChI is InChI=1S/C18H27N3O2/c19-18(21-14-12-15-7-2-1-3-8-15)20-13-6-11-17(22)23-16-9-4-5-10-16/h1-3,7-8,16H,4-6,9-14H2,(H3,19,20,21). The van der Waals surface area contributed by atoms with Crippen molar-refractivity contribution in [3.8, 4) is 0 Å². The monoisotopic (exact) mass is 317 g/mol. The number of carbonyl (C=O) groups excluding carboxylic acids is 1. The highest BCUT2D eigenvalue weighted by Crippen LogP contribution is 2.21. The van der Waals surface area contributed by atoms with Crippen molar-refractivity contribution in [3.63, 3.8) is 0 Å².